The van der Waals surface area contributed by atoms with Gasteiger partial charge in [0.05, 0.1) is 18.5 Å². The molecule has 2 unspecified atom stereocenters. The van der Waals surface area contributed by atoms with Gasteiger partial charge in [-0.2, -0.15) is 0 Å². The average molecular weight is 508 g/mol. The molecular weight excluding hydrogens is 462 g/mol. The molecule has 0 spiro atoms. The second-order valence-electron chi connectivity index (χ2n) is 9.21. The monoisotopic (exact) mass is 507 g/mol. The lowest BCUT2D eigenvalue weighted by Crippen LogP contribution is -2.51. The van der Waals surface area contributed by atoms with Gasteiger partial charge in [0.1, 0.15) is 6.61 Å². The number of urea groups is 1. The Morgan fingerprint density at radius 2 is 1.56 bits per heavy atom. The third-order valence-electron chi connectivity index (χ3n) is 5.09. The number of nitrogens with two attached hydrogens (primary N) is 1. The molecule has 0 radical (unpaired) electrons. The maximum Gasteiger partial charge on any atom is 0.312 e. The van der Waals surface area contributed by atoms with E-state index in [1.807, 2.05) is 27.7 Å². The predicted molar refractivity (Wildman–Crippen MR) is 142 cm³/mol. The molecule has 204 valence electrons. The molecule has 36 heavy (non-hydrogen) atoms. The van der Waals surface area contributed by atoms with Crippen molar-refractivity contribution < 1.29 is 23.9 Å². The van der Waals surface area contributed by atoms with Crippen LogP contribution in [0.5, 0.6) is 0 Å². The number of primary amides is 1. The first kappa shape index (κ1) is 32.9. The van der Waals surface area contributed by atoms with E-state index in [0.717, 1.165) is 18.4 Å². The van der Waals surface area contributed by atoms with Crippen molar-refractivity contribution in [3.05, 3.63) is 29.8 Å². The fourth-order valence-electron chi connectivity index (χ4n) is 2.73. The van der Waals surface area contributed by atoms with Gasteiger partial charge < -0.3 is 31.7 Å². The van der Waals surface area contributed by atoms with Crippen molar-refractivity contribution in [2.75, 3.05) is 18.4 Å². The van der Waals surface area contributed by atoms with Gasteiger partial charge in [-0.25, -0.2) is 4.79 Å². The van der Waals surface area contributed by atoms with Crippen LogP contribution in [0.15, 0.2) is 24.3 Å². The molecule has 0 aliphatic heterocycles. The summed E-state index contributed by atoms with van der Waals surface area (Å²) in [5.74, 6) is -0.786. The van der Waals surface area contributed by atoms with Gasteiger partial charge in [0.15, 0.2) is 0 Å². The molecule has 0 fully saturated rings. The van der Waals surface area contributed by atoms with E-state index < -0.39 is 6.03 Å². The summed E-state index contributed by atoms with van der Waals surface area (Å²) in [5, 5.41) is 11.2. The minimum atomic E-state index is -0.443. The summed E-state index contributed by atoms with van der Waals surface area (Å²) in [4.78, 5) is 45.9. The van der Waals surface area contributed by atoms with Gasteiger partial charge in [-0.05, 0) is 43.4 Å². The highest BCUT2D eigenvalue weighted by Gasteiger charge is 2.23. The molecule has 0 aromatic heterocycles. The number of hydrogen-bond donors (Lipinski definition) is 5. The van der Waals surface area contributed by atoms with Gasteiger partial charge in [-0.1, -0.05) is 53.7 Å². The van der Waals surface area contributed by atoms with Crippen molar-refractivity contribution in [3.8, 4) is 0 Å². The van der Waals surface area contributed by atoms with E-state index in [1.165, 1.54) is 0 Å². The number of anilines is 1. The van der Waals surface area contributed by atoms with Crippen LogP contribution >= 0.6 is 0 Å². The van der Waals surface area contributed by atoms with E-state index in [-0.39, 0.29) is 54.9 Å². The normalized spacial score (nSPS) is 12.1. The Labute approximate surface area is 215 Å². The molecule has 0 aliphatic carbocycles. The van der Waals surface area contributed by atoms with E-state index in [2.05, 4.69) is 28.2 Å². The maximum absolute atomic E-state index is 12.4. The smallest absolute Gasteiger partial charge is 0.312 e. The van der Waals surface area contributed by atoms with Crippen LogP contribution in [0.1, 0.15) is 66.9 Å². The first-order valence-electron chi connectivity index (χ1n) is 12.5. The second-order valence-corrected chi connectivity index (χ2v) is 9.21. The van der Waals surface area contributed by atoms with Crippen LogP contribution in [0, 0.1) is 11.8 Å². The van der Waals surface area contributed by atoms with Crippen LogP contribution in [0.4, 0.5) is 10.5 Å². The summed E-state index contributed by atoms with van der Waals surface area (Å²) >= 11 is 0. The minimum Gasteiger partial charge on any atom is -0.461 e. The van der Waals surface area contributed by atoms with E-state index in [4.69, 9.17) is 10.5 Å². The number of rotatable bonds is 13. The molecule has 0 aliphatic rings. The first-order chi connectivity index (χ1) is 16.9. The molecule has 6 N–H and O–H groups in total. The lowest BCUT2D eigenvalue weighted by molar-refractivity contribution is -0.148. The fourth-order valence-corrected chi connectivity index (χ4v) is 2.73. The highest BCUT2D eigenvalue weighted by Crippen LogP contribution is 2.11. The van der Waals surface area contributed by atoms with Crippen LogP contribution in [0.2, 0.25) is 0 Å². The Kier molecular flexibility index (Phi) is 16.6. The van der Waals surface area contributed by atoms with E-state index >= 15 is 0 Å². The zero-order valence-corrected chi connectivity index (χ0v) is 22.8. The molecule has 4 amide bonds. The molecule has 10 heteroatoms. The van der Waals surface area contributed by atoms with Crippen molar-refractivity contribution in [3.63, 3.8) is 0 Å². The minimum absolute atomic E-state index is 0.0992. The summed E-state index contributed by atoms with van der Waals surface area (Å²) in [6.07, 6.45) is 1.85. The molecule has 1 aromatic rings. The van der Waals surface area contributed by atoms with E-state index in [1.54, 1.807) is 38.1 Å². The number of benzene rings is 1. The van der Waals surface area contributed by atoms with Crippen molar-refractivity contribution in [1.29, 1.82) is 0 Å². The topological polar surface area (TPSA) is 152 Å². The van der Waals surface area contributed by atoms with Crippen molar-refractivity contribution in [2.45, 2.75) is 80.0 Å². The van der Waals surface area contributed by atoms with Crippen LogP contribution in [0.25, 0.3) is 0 Å². The Hall–Kier alpha value is -3.14. The number of carbonyl (C=O) groups excluding carboxylic acids is 4. The molecule has 0 heterocycles. The highest BCUT2D eigenvalue weighted by atomic mass is 16.5. The Balaban J connectivity index is 0.00000152. The molecule has 1 rings (SSSR count). The van der Waals surface area contributed by atoms with Crippen LogP contribution < -0.4 is 27.0 Å². The van der Waals surface area contributed by atoms with Gasteiger partial charge in [-0.3, -0.25) is 14.4 Å². The van der Waals surface area contributed by atoms with Crippen LogP contribution in [-0.2, 0) is 25.7 Å². The lowest BCUT2D eigenvalue weighted by Gasteiger charge is -2.25. The molecule has 0 saturated carbocycles. The largest absolute Gasteiger partial charge is 0.461 e. The van der Waals surface area contributed by atoms with E-state index in [0.29, 0.717) is 12.2 Å². The second kappa shape index (κ2) is 18.2. The Morgan fingerprint density at radius 1 is 0.944 bits per heavy atom. The van der Waals surface area contributed by atoms with Gasteiger partial charge in [-0.15, -0.1) is 0 Å². The summed E-state index contributed by atoms with van der Waals surface area (Å²) in [6, 6.07) is 6.48. The quantitative estimate of drug-likeness (QED) is 0.259. The standard InChI is InChI=1S/C22H35N3O4.C4H10N2O/c1-7-16(6)24-20(14(2)3)21(27)23-12-19(26)25-18-10-8-17(9-11-18)13-29-22(28)15(4)5;1-2-3-6-4(5)7/h8-11,14-16,20,24H,7,12-13H2,1-6H3,(H,23,27)(H,25,26);2-3H2,1H3,(H3,5,6,7). The van der Waals surface area contributed by atoms with Crippen molar-refractivity contribution in [1.82, 2.24) is 16.0 Å². The summed E-state index contributed by atoms with van der Waals surface area (Å²) in [6.45, 7) is 14.3. The lowest BCUT2D eigenvalue weighted by atomic mass is 10.0. The molecule has 10 nitrogen and oxygen atoms in total. The third-order valence-corrected chi connectivity index (χ3v) is 5.09. The summed E-state index contributed by atoms with van der Waals surface area (Å²) in [7, 11) is 0. The molecular formula is C26H45N5O5. The zero-order chi connectivity index (χ0) is 27.7. The highest BCUT2D eigenvalue weighted by molar-refractivity contribution is 5.95. The fraction of sp³-hybridized carbons (Fsp3) is 0.615. The average Bonchev–Trinajstić information content (AvgIpc) is 2.83. The molecule has 0 saturated heterocycles. The maximum atomic E-state index is 12.4. The summed E-state index contributed by atoms with van der Waals surface area (Å²) in [5.41, 5.74) is 6.18. The predicted octanol–water partition coefficient (Wildman–Crippen LogP) is 2.92. The number of amides is 4. The Morgan fingerprint density at radius 3 is 2.00 bits per heavy atom. The van der Waals surface area contributed by atoms with Gasteiger partial charge in [0.25, 0.3) is 0 Å². The summed E-state index contributed by atoms with van der Waals surface area (Å²) < 4.78 is 5.17. The van der Waals surface area contributed by atoms with E-state index in [9.17, 15) is 19.2 Å². The van der Waals surface area contributed by atoms with Crippen LogP contribution in [-0.4, -0.2) is 49.0 Å². The van der Waals surface area contributed by atoms with Gasteiger partial charge >= 0.3 is 12.0 Å². The van der Waals surface area contributed by atoms with Gasteiger partial charge in [0, 0.05) is 18.3 Å². The third kappa shape index (κ3) is 15.0. The molecule has 2 atom stereocenters. The van der Waals surface area contributed by atoms with Gasteiger partial charge in [0.2, 0.25) is 11.8 Å². The number of nitrogens with one attached hydrogen (secondary N) is 4. The SMILES string of the molecule is CCC(C)NC(C(=O)NCC(=O)Nc1ccc(COC(=O)C(C)C)cc1)C(C)C.CCCNC(N)=O. The Bertz CT molecular complexity index is 811. The van der Waals surface area contributed by atoms with Crippen LogP contribution in [0.3, 0.4) is 0 Å². The first-order valence-corrected chi connectivity index (χ1v) is 12.5. The molecule has 0 bridgehead atoms. The number of hydrogen-bond acceptors (Lipinski definition) is 6. The number of esters is 1. The van der Waals surface area contributed by atoms with Crippen molar-refractivity contribution >= 4 is 29.5 Å². The zero-order valence-electron chi connectivity index (χ0n) is 22.8. The molecule has 1 aromatic carbocycles. The van der Waals surface area contributed by atoms with Crippen molar-refractivity contribution in [2.24, 2.45) is 17.6 Å². The number of ether oxygens (including phenoxy) is 1. The number of carbonyl (C=O) groups is 4.